The van der Waals surface area contributed by atoms with Gasteiger partial charge in [0.15, 0.2) is 0 Å². The van der Waals surface area contributed by atoms with Crippen molar-refractivity contribution in [3.05, 3.63) is 59.1 Å². The Morgan fingerprint density at radius 1 is 1.14 bits per heavy atom. The quantitative estimate of drug-likeness (QED) is 0.680. The van der Waals surface area contributed by atoms with Crippen molar-refractivity contribution in [3.8, 4) is 0 Å². The number of hydrogen-bond donors (Lipinski definition) is 1. The third-order valence-corrected chi connectivity index (χ3v) is 6.68. The van der Waals surface area contributed by atoms with E-state index in [1.807, 2.05) is 26.0 Å². The fourth-order valence-electron chi connectivity index (χ4n) is 2.94. The van der Waals surface area contributed by atoms with E-state index in [9.17, 15) is 13.2 Å². The van der Waals surface area contributed by atoms with Gasteiger partial charge in [0.25, 0.3) is 0 Å². The number of nitrogens with zero attached hydrogens (tertiary/aromatic N) is 1. The maximum atomic E-state index is 12.7. The number of hydrogen-bond acceptors (Lipinski definition) is 4. The van der Waals surface area contributed by atoms with E-state index in [1.165, 1.54) is 16.4 Å². The standard InChI is InChI=1S/C21H25ClN2O4S/c1-15(2)11-21(25)23-18-7-9-20(10-8-18)29(26,27)24-12-19(13-24)28-14-16-3-5-17(22)6-4-16/h3-10,15,19H,11-14H2,1-2H3,(H,23,25). The minimum absolute atomic E-state index is 0.0842. The average molecular weight is 437 g/mol. The van der Waals surface area contributed by atoms with Gasteiger partial charge in [0.2, 0.25) is 15.9 Å². The molecule has 0 saturated carbocycles. The number of nitrogens with one attached hydrogen (secondary N) is 1. The molecule has 3 rings (SSSR count). The van der Waals surface area contributed by atoms with Crippen LogP contribution in [0.2, 0.25) is 5.02 Å². The van der Waals surface area contributed by atoms with Gasteiger partial charge < -0.3 is 10.1 Å². The summed E-state index contributed by atoms with van der Waals surface area (Å²) in [5.74, 6) is 0.176. The van der Waals surface area contributed by atoms with Gasteiger partial charge in [-0.2, -0.15) is 4.31 Å². The van der Waals surface area contributed by atoms with E-state index in [2.05, 4.69) is 5.32 Å². The molecular formula is C21H25ClN2O4S. The summed E-state index contributed by atoms with van der Waals surface area (Å²) in [7, 11) is -3.56. The first-order valence-electron chi connectivity index (χ1n) is 9.50. The first-order chi connectivity index (χ1) is 13.7. The molecule has 0 unspecified atom stereocenters. The molecule has 1 amide bonds. The van der Waals surface area contributed by atoms with Crippen LogP contribution in [0.25, 0.3) is 0 Å². The predicted octanol–water partition coefficient (Wildman–Crippen LogP) is 3.91. The van der Waals surface area contributed by atoms with E-state index in [0.717, 1.165) is 5.56 Å². The third-order valence-electron chi connectivity index (χ3n) is 4.58. The summed E-state index contributed by atoms with van der Waals surface area (Å²) in [6.45, 7) is 5.00. The van der Waals surface area contributed by atoms with E-state index in [1.54, 1.807) is 24.3 Å². The van der Waals surface area contributed by atoms with Crippen molar-refractivity contribution >= 4 is 33.2 Å². The number of ether oxygens (including phenoxy) is 1. The fraction of sp³-hybridized carbons (Fsp3) is 0.381. The number of benzene rings is 2. The maximum Gasteiger partial charge on any atom is 0.243 e. The zero-order valence-electron chi connectivity index (χ0n) is 16.5. The molecule has 2 aromatic rings. The maximum absolute atomic E-state index is 12.7. The highest BCUT2D eigenvalue weighted by Gasteiger charge is 2.37. The van der Waals surface area contributed by atoms with Gasteiger partial charge in [-0.3, -0.25) is 4.79 Å². The van der Waals surface area contributed by atoms with Gasteiger partial charge >= 0.3 is 0 Å². The number of rotatable bonds is 8. The van der Waals surface area contributed by atoms with Crippen molar-refractivity contribution in [1.29, 1.82) is 0 Å². The van der Waals surface area contributed by atoms with Crippen molar-refractivity contribution in [2.45, 2.75) is 37.9 Å². The molecule has 1 N–H and O–H groups in total. The molecule has 6 nitrogen and oxygen atoms in total. The van der Waals surface area contributed by atoms with E-state index in [0.29, 0.717) is 36.8 Å². The van der Waals surface area contributed by atoms with Crippen LogP contribution in [0.15, 0.2) is 53.4 Å². The zero-order chi connectivity index (χ0) is 21.0. The van der Waals surface area contributed by atoms with E-state index in [-0.39, 0.29) is 22.8 Å². The predicted molar refractivity (Wildman–Crippen MR) is 113 cm³/mol. The molecule has 0 atom stereocenters. The number of anilines is 1. The lowest BCUT2D eigenvalue weighted by Crippen LogP contribution is -2.54. The minimum Gasteiger partial charge on any atom is -0.371 e. The molecule has 0 aliphatic carbocycles. The summed E-state index contributed by atoms with van der Waals surface area (Å²) in [5.41, 5.74) is 1.58. The van der Waals surface area contributed by atoms with Gasteiger partial charge in [0.05, 0.1) is 17.6 Å². The molecule has 0 aromatic heterocycles. The molecule has 1 saturated heterocycles. The van der Waals surface area contributed by atoms with Gasteiger partial charge in [-0.25, -0.2) is 8.42 Å². The molecule has 0 spiro atoms. The van der Waals surface area contributed by atoms with E-state index in [4.69, 9.17) is 16.3 Å². The van der Waals surface area contributed by atoms with Crippen LogP contribution in [-0.4, -0.2) is 37.8 Å². The van der Waals surface area contributed by atoms with Crippen LogP contribution < -0.4 is 5.32 Å². The van der Waals surface area contributed by atoms with Crippen LogP contribution in [0.1, 0.15) is 25.8 Å². The Morgan fingerprint density at radius 2 is 1.76 bits per heavy atom. The lowest BCUT2D eigenvalue weighted by molar-refractivity contribution is -0.116. The first kappa shape index (κ1) is 21.8. The molecule has 156 valence electrons. The van der Waals surface area contributed by atoms with Crippen LogP contribution in [0, 0.1) is 5.92 Å². The van der Waals surface area contributed by atoms with Crippen molar-refractivity contribution in [3.63, 3.8) is 0 Å². The second kappa shape index (κ2) is 9.26. The van der Waals surface area contributed by atoms with E-state index >= 15 is 0 Å². The monoisotopic (exact) mass is 436 g/mol. The zero-order valence-corrected chi connectivity index (χ0v) is 18.0. The van der Waals surface area contributed by atoms with Crippen molar-refractivity contribution in [1.82, 2.24) is 4.31 Å². The van der Waals surface area contributed by atoms with Crippen molar-refractivity contribution < 1.29 is 17.9 Å². The molecule has 0 radical (unpaired) electrons. The highest BCUT2D eigenvalue weighted by molar-refractivity contribution is 7.89. The third kappa shape index (κ3) is 5.79. The molecule has 29 heavy (non-hydrogen) atoms. The number of amides is 1. The Labute approximate surface area is 176 Å². The minimum atomic E-state index is -3.56. The number of sulfonamides is 1. The molecule has 0 bridgehead atoms. The van der Waals surface area contributed by atoms with Gasteiger partial charge in [0.1, 0.15) is 0 Å². The Hall–Kier alpha value is -1.93. The van der Waals surface area contributed by atoms with Gasteiger partial charge in [-0.1, -0.05) is 37.6 Å². The van der Waals surface area contributed by atoms with Crippen molar-refractivity contribution in [2.75, 3.05) is 18.4 Å². The summed E-state index contributed by atoms with van der Waals surface area (Å²) in [5, 5.41) is 3.44. The molecular weight excluding hydrogens is 412 g/mol. The molecule has 1 fully saturated rings. The molecule has 8 heteroatoms. The second-order valence-corrected chi connectivity index (χ2v) is 9.93. The topological polar surface area (TPSA) is 75.7 Å². The largest absolute Gasteiger partial charge is 0.371 e. The highest BCUT2D eigenvalue weighted by Crippen LogP contribution is 2.25. The Bertz CT molecular complexity index is 938. The lowest BCUT2D eigenvalue weighted by Gasteiger charge is -2.37. The van der Waals surface area contributed by atoms with Gasteiger partial charge in [0, 0.05) is 30.2 Å². The average Bonchev–Trinajstić information content (AvgIpc) is 2.61. The van der Waals surface area contributed by atoms with Crippen LogP contribution in [0.5, 0.6) is 0 Å². The van der Waals surface area contributed by atoms with Crippen LogP contribution >= 0.6 is 11.6 Å². The summed E-state index contributed by atoms with van der Waals surface area (Å²) in [4.78, 5) is 12.0. The van der Waals surface area contributed by atoms with E-state index < -0.39 is 10.0 Å². The molecule has 1 heterocycles. The second-order valence-electron chi connectivity index (χ2n) is 7.55. The lowest BCUT2D eigenvalue weighted by atomic mass is 10.1. The first-order valence-corrected chi connectivity index (χ1v) is 11.3. The number of carbonyl (C=O) groups is 1. The summed E-state index contributed by atoms with van der Waals surface area (Å²) < 4.78 is 32.6. The highest BCUT2D eigenvalue weighted by atomic mass is 35.5. The van der Waals surface area contributed by atoms with Crippen molar-refractivity contribution in [2.24, 2.45) is 5.92 Å². The SMILES string of the molecule is CC(C)CC(=O)Nc1ccc(S(=O)(=O)N2CC(OCc3ccc(Cl)cc3)C2)cc1. The normalized spacial score (nSPS) is 15.3. The molecule has 2 aromatic carbocycles. The Morgan fingerprint density at radius 3 is 2.34 bits per heavy atom. The summed E-state index contributed by atoms with van der Waals surface area (Å²) in [6, 6.07) is 13.6. The Kier molecular flexibility index (Phi) is 6.95. The summed E-state index contributed by atoms with van der Waals surface area (Å²) >= 11 is 5.86. The van der Waals surface area contributed by atoms with Gasteiger partial charge in [-0.05, 0) is 47.9 Å². The number of halogens is 1. The number of carbonyl (C=O) groups excluding carboxylic acids is 1. The fourth-order valence-corrected chi connectivity index (χ4v) is 4.57. The smallest absolute Gasteiger partial charge is 0.243 e. The van der Waals surface area contributed by atoms with Crippen LogP contribution in [-0.2, 0) is 26.2 Å². The summed E-state index contributed by atoms with van der Waals surface area (Å²) in [6.07, 6.45) is 0.292. The van der Waals surface area contributed by atoms with Crippen LogP contribution in [0.3, 0.4) is 0 Å². The molecule has 1 aliphatic rings. The van der Waals surface area contributed by atoms with Gasteiger partial charge in [-0.15, -0.1) is 0 Å². The van der Waals surface area contributed by atoms with Crippen LogP contribution in [0.4, 0.5) is 5.69 Å². The Balaban J connectivity index is 1.51. The molecule has 1 aliphatic heterocycles.